The average Bonchev–Trinajstić information content (AvgIpc) is 2.64. The van der Waals surface area contributed by atoms with Gasteiger partial charge in [-0.1, -0.05) is 0 Å². The minimum absolute atomic E-state index is 0.00657. The SMILES string of the molecule is COc1ccc(NC(=O)C[C@H]2Nc3cc(C)c(C)cc3NC2=O)c(OC)c1. The first-order chi connectivity index (χ1) is 12.9. The van der Waals surface area contributed by atoms with Crippen molar-refractivity contribution in [3.05, 3.63) is 41.5 Å². The van der Waals surface area contributed by atoms with Crippen molar-refractivity contribution >= 4 is 28.9 Å². The molecule has 0 aliphatic carbocycles. The van der Waals surface area contributed by atoms with Gasteiger partial charge >= 0.3 is 0 Å². The van der Waals surface area contributed by atoms with Gasteiger partial charge in [0.2, 0.25) is 11.8 Å². The van der Waals surface area contributed by atoms with Crippen LogP contribution in [0, 0.1) is 13.8 Å². The Morgan fingerprint density at radius 1 is 1.07 bits per heavy atom. The zero-order chi connectivity index (χ0) is 19.6. The van der Waals surface area contributed by atoms with Crippen LogP contribution in [0.15, 0.2) is 30.3 Å². The van der Waals surface area contributed by atoms with E-state index < -0.39 is 6.04 Å². The van der Waals surface area contributed by atoms with Crippen LogP contribution in [0.5, 0.6) is 11.5 Å². The van der Waals surface area contributed by atoms with E-state index in [1.807, 2.05) is 26.0 Å². The van der Waals surface area contributed by atoms with Crippen LogP contribution >= 0.6 is 0 Å². The Bertz CT molecular complexity index is 895. The van der Waals surface area contributed by atoms with Gasteiger partial charge in [0.1, 0.15) is 17.5 Å². The highest BCUT2D eigenvalue weighted by Crippen LogP contribution is 2.31. The van der Waals surface area contributed by atoms with Gasteiger partial charge in [0.15, 0.2) is 0 Å². The van der Waals surface area contributed by atoms with Crippen molar-refractivity contribution < 1.29 is 19.1 Å². The first kappa shape index (κ1) is 18.6. The van der Waals surface area contributed by atoms with E-state index in [9.17, 15) is 9.59 Å². The number of nitrogens with one attached hydrogen (secondary N) is 3. The molecule has 7 nitrogen and oxygen atoms in total. The van der Waals surface area contributed by atoms with Gasteiger partial charge in [-0.2, -0.15) is 0 Å². The van der Waals surface area contributed by atoms with Gasteiger partial charge in [0, 0.05) is 6.07 Å². The van der Waals surface area contributed by atoms with Gasteiger partial charge in [-0.15, -0.1) is 0 Å². The Hall–Kier alpha value is -3.22. The first-order valence-corrected chi connectivity index (χ1v) is 8.61. The molecule has 3 rings (SSSR count). The quantitative estimate of drug-likeness (QED) is 0.754. The molecule has 1 aliphatic heterocycles. The van der Waals surface area contributed by atoms with Crippen molar-refractivity contribution in [2.75, 3.05) is 30.2 Å². The summed E-state index contributed by atoms with van der Waals surface area (Å²) in [6.07, 6.45) is -0.00657. The molecule has 0 aromatic heterocycles. The van der Waals surface area contributed by atoms with Crippen LogP contribution in [0.4, 0.5) is 17.1 Å². The molecule has 0 spiro atoms. The number of benzene rings is 2. The zero-order valence-electron chi connectivity index (χ0n) is 15.8. The summed E-state index contributed by atoms with van der Waals surface area (Å²) in [6.45, 7) is 3.99. The molecule has 3 N–H and O–H groups in total. The maximum Gasteiger partial charge on any atom is 0.247 e. The third-order valence-electron chi connectivity index (χ3n) is 4.61. The normalized spacial score (nSPS) is 15.3. The van der Waals surface area contributed by atoms with Gasteiger partial charge in [0.05, 0.1) is 37.7 Å². The molecule has 0 saturated heterocycles. The summed E-state index contributed by atoms with van der Waals surface area (Å²) in [6, 6.07) is 8.36. The molecule has 0 unspecified atom stereocenters. The Balaban J connectivity index is 1.71. The molecule has 2 amide bonds. The Morgan fingerprint density at radius 2 is 1.78 bits per heavy atom. The maximum absolute atomic E-state index is 12.5. The maximum atomic E-state index is 12.5. The number of anilines is 3. The second kappa shape index (κ2) is 7.57. The number of carbonyl (C=O) groups is 2. The number of fused-ring (bicyclic) bond motifs is 1. The van der Waals surface area contributed by atoms with E-state index >= 15 is 0 Å². The number of amides is 2. The molecule has 0 bridgehead atoms. The molecule has 1 aliphatic rings. The van der Waals surface area contributed by atoms with Crippen LogP contribution < -0.4 is 25.4 Å². The van der Waals surface area contributed by atoms with E-state index in [0.29, 0.717) is 17.2 Å². The summed E-state index contributed by atoms with van der Waals surface area (Å²) in [5.74, 6) is 0.585. The van der Waals surface area contributed by atoms with E-state index in [0.717, 1.165) is 22.5 Å². The average molecular weight is 369 g/mol. The standard InChI is InChI=1S/C20H23N3O4/c1-11-7-15-16(8-12(11)2)23-20(25)17(21-15)10-19(24)22-14-6-5-13(26-3)9-18(14)27-4/h5-9,17,21H,10H2,1-4H3,(H,22,24)(H,23,25)/t17-/m1/s1. The predicted octanol–water partition coefficient (Wildman–Crippen LogP) is 3.08. The number of carbonyl (C=O) groups excluding carboxylic acids is 2. The van der Waals surface area contributed by atoms with Crippen LogP contribution in [0.1, 0.15) is 17.5 Å². The number of hydrogen-bond donors (Lipinski definition) is 3. The highest BCUT2D eigenvalue weighted by atomic mass is 16.5. The van der Waals surface area contributed by atoms with E-state index in [1.165, 1.54) is 7.11 Å². The van der Waals surface area contributed by atoms with Crippen LogP contribution in [-0.4, -0.2) is 32.1 Å². The van der Waals surface area contributed by atoms with E-state index in [-0.39, 0.29) is 18.2 Å². The van der Waals surface area contributed by atoms with E-state index in [1.54, 1.807) is 25.3 Å². The highest BCUT2D eigenvalue weighted by molar-refractivity contribution is 6.06. The molecule has 0 radical (unpaired) electrons. The Morgan fingerprint density at radius 3 is 2.44 bits per heavy atom. The smallest absolute Gasteiger partial charge is 0.247 e. The Labute approximate surface area is 158 Å². The number of hydrogen-bond acceptors (Lipinski definition) is 5. The van der Waals surface area contributed by atoms with Gasteiger partial charge in [-0.3, -0.25) is 9.59 Å². The highest BCUT2D eigenvalue weighted by Gasteiger charge is 2.28. The van der Waals surface area contributed by atoms with Crippen LogP contribution in [0.2, 0.25) is 0 Å². The summed E-state index contributed by atoms with van der Waals surface area (Å²) in [5, 5.41) is 8.80. The fraction of sp³-hybridized carbons (Fsp3) is 0.300. The van der Waals surface area contributed by atoms with Crippen molar-refractivity contribution in [2.45, 2.75) is 26.3 Å². The first-order valence-electron chi connectivity index (χ1n) is 8.61. The molecule has 2 aromatic carbocycles. The number of ether oxygens (including phenoxy) is 2. The number of rotatable bonds is 5. The fourth-order valence-electron chi connectivity index (χ4n) is 2.94. The molecule has 1 atom stereocenters. The predicted molar refractivity (Wildman–Crippen MR) is 105 cm³/mol. The third kappa shape index (κ3) is 3.97. The molecule has 142 valence electrons. The van der Waals surface area contributed by atoms with Crippen LogP contribution in [0.25, 0.3) is 0 Å². The second-order valence-electron chi connectivity index (χ2n) is 6.49. The topological polar surface area (TPSA) is 88.7 Å². The minimum Gasteiger partial charge on any atom is -0.497 e. The summed E-state index contributed by atoms with van der Waals surface area (Å²) < 4.78 is 10.4. The van der Waals surface area contributed by atoms with Crippen molar-refractivity contribution in [1.29, 1.82) is 0 Å². The molecule has 2 aromatic rings. The van der Waals surface area contributed by atoms with Gasteiger partial charge in [-0.25, -0.2) is 0 Å². The second-order valence-corrected chi connectivity index (χ2v) is 6.49. The van der Waals surface area contributed by atoms with Crippen LogP contribution in [0.3, 0.4) is 0 Å². The lowest BCUT2D eigenvalue weighted by atomic mass is 10.0. The van der Waals surface area contributed by atoms with E-state index in [2.05, 4.69) is 16.0 Å². The monoisotopic (exact) mass is 369 g/mol. The number of methoxy groups -OCH3 is 2. The number of aryl methyl sites for hydroxylation is 2. The molecule has 0 fully saturated rings. The van der Waals surface area contributed by atoms with Crippen molar-refractivity contribution in [3.8, 4) is 11.5 Å². The molecule has 27 heavy (non-hydrogen) atoms. The van der Waals surface area contributed by atoms with Gasteiger partial charge in [0.25, 0.3) is 0 Å². The molecule has 7 heteroatoms. The van der Waals surface area contributed by atoms with E-state index in [4.69, 9.17) is 9.47 Å². The van der Waals surface area contributed by atoms with Gasteiger partial charge < -0.3 is 25.4 Å². The molecular weight excluding hydrogens is 346 g/mol. The zero-order valence-corrected chi connectivity index (χ0v) is 15.8. The molecule has 1 heterocycles. The van der Waals surface area contributed by atoms with Crippen molar-refractivity contribution in [1.82, 2.24) is 0 Å². The summed E-state index contributed by atoms with van der Waals surface area (Å²) >= 11 is 0. The lowest BCUT2D eigenvalue weighted by molar-refractivity contribution is -0.122. The lowest BCUT2D eigenvalue weighted by Crippen LogP contribution is -2.41. The Kier molecular flexibility index (Phi) is 5.21. The minimum atomic E-state index is -0.649. The fourth-order valence-corrected chi connectivity index (χ4v) is 2.94. The van der Waals surface area contributed by atoms with Crippen molar-refractivity contribution in [2.24, 2.45) is 0 Å². The summed E-state index contributed by atoms with van der Waals surface area (Å²) in [4.78, 5) is 24.8. The summed E-state index contributed by atoms with van der Waals surface area (Å²) in [7, 11) is 3.07. The van der Waals surface area contributed by atoms with Crippen LogP contribution in [-0.2, 0) is 9.59 Å². The third-order valence-corrected chi connectivity index (χ3v) is 4.61. The lowest BCUT2D eigenvalue weighted by Gasteiger charge is -2.27. The van der Waals surface area contributed by atoms with Crippen molar-refractivity contribution in [3.63, 3.8) is 0 Å². The molecule has 0 saturated carbocycles. The van der Waals surface area contributed by atoms with Gasteiger partial charge in [-0.05, 0) is 49.2 Å². The summed E-state index contributed by atoms with van der Waals surface area (Å²) in [5.41, 5.74) is 4.28. The molecular formula is C20H23N3O4. The largest absolute Gasteiger partial charge is 0.497 e.